The van der Waals surface area contributed by atoms with Gasteiger partial charge in [0.25, 0.3) is 0 Å². The molecule has 0 amide bonds. The van der Waals surface area contributed by atoms with Crippen molar-refractivity contribution in [2.24, 2.45) is 5.92 Å². The largest absolute Gasteiger partial charge is 0.214 e. The highest BCUT2D eigenvalue weighted by atomic mass is 31.2. The molecule has 2 atom stereocenters. The summed E-state index contributed by atoms with van der Waals surface area (Å²) in [5.41, 5.74) is 0. The van der Waals surface area contributed by atoms with Gasteiger partial charge < -0.3 is 0 Å². The van der Waals surface area contributed by atoms with Crippen LogP contribution < -0.4 is 10.6 Å². The first-order chi connectivity index (χ1) is 14.2. The summed E-state index contributed by atoms with van der Waals surface area (Å²) in [5.74, 6) is -0.0351. The Kier molecular flexibility index (Phi) is 10.9. The number of hydrogen-bond donors (Lipinski definition) is 0. The van der Waals surface area contributed by atoms with Gasteiger partial charge in [-0.3, -0.25) is 0 Å². The Balaban J connectivity index is 2.42. The number of benzene rings is 2. The molecule has 0 radical (unpaired) electrons. The molecular weight excluding hydrogens is 374 g/mol. The Morgan fingerprint density at radius 2 is 1.24 bits per heavy atom. The summed E-state index contributed by atoms with van der Waals surface area (Å²) < 4.78 is 16.3. The average Bonchev–Trinajstić information content (AvgIpc) is 2.78. The van der Waals surface area contributed by atoms with Crippen molar-refractivity contribution in [3.63, 3.8) is 0 Å². The lowest BCUT2D eigenvalue weighted by Gasteiger charge is -2.32. The maximum atomic E-state index is 16.3. The molecule has 0 aliphatic carbocycles. The van der Waals surface area contributed by atoms with E-state index in [4.69, 9.17) is 0 Å². The van der Waals surface area contributed by atoms with Crippen LogP contribution in [0.5, 0.6) is 0 Å². The van der Waals surface area contributed by atoms with Gasteiger partial charge in [-0.1, -0.05) is 95.7 Å². The first-order valence-electron chi connectivity index (χ1n) is 11.8. The molecule has 2 unspecified atom stereocenters. The third kappa shape index (κ3) is 6.65. The fraction of sp³-hybridized carbons (Fsp3) is 0.556. The molecule has 0 nitrogen and oxygen atoms in total. The number of alkyl halides is 1. The van der Waals surface area contributed by atoms with Crippen molar-refractivity contribution in [1.29, 1.82) is 0 Å². The molecule has 29 heavy (non-hydrogen) atoms. The van der Waals surface area contributed by atoms with Gasteiger partial charge in [0.05, 0.1) is 6.16 Å². The molecule has 0 aliphatic rings. The van der Waals surface area contributed by atoms with Crippen LogP contribution in [0, 0.1) is 5.92 Å². The van der Waals surface area contributed by atoms with Crippen LogP contribution in [0.3, 0.4) is 0 Å². The third-order valence-electron chi connectivity index (χ3n) is 6.39. The number of halogens is 1. The molecule has 2 heteroatoms. The van der Waals surface area contributed by atoms with E-state index in [2.05, 4.69) is 81.4 Å². The predicted octanol–water partition coefficient (Wildman–Crippen LogP) is 8.14. The van der Waals surface area contributed by atoms with Gasteiger partial charge in [-0.05, 0) is 43.0 Å². The van der Waals surface area contributed by atoms with E-state index in [1.165, 1.54) is 36.3 Å². The van der Waals surface area contributed by atoms with Crippen LogP contribution in [0.2, 0.25) is 0 Å². The van der Waals surface area contributed by atoms with Crippen LogP contribution in [0.15, 0.2) is 60.7 Å². The SMILES string of the molecule is CCCCCC(F)[P+](CCC(CC)CCCC)(c1ccccc1)c1ccccc1. The van der Waals surface area contributed by atoms with Gasteiger partial charge in [-0.15, -0.1) is 0 Å². The molecule has 2 aromatic carbocycles. The van der Waals surface area contributed by atoms with Crippen molar-refractivity contribution in [3.05, 3.63) is 60.7 Å². The lowest BCUT2D eigenvalue weighted by Crippen LogP contribution is -2.32. The molecule has 0 aromatic heterocycles. The Morgan fingerprint density at radius 3 is 1.72 bits per heavy atom. The van der Waals surface area contributed by atoms with Crippen LogP contribution >= 0.6 is 7.26 Å². The molecule has 0 saturated heterocycles. The molecule has 0 N–H and O–H groups in total. The summed E-state index contributed by atoms with van der Waals surface area (Å²) >= 11 is 0. The Bertz CT molecular complexity index is 615. The first-order valence-corrected chi connectivity index (χ1v) is 13.9. The molecule has 0 saturated carbocycles. The Hall–Kier alpha value is -1.20. The Labute approximate surface area is 179 Å². The van der Waals surface area contributed by atoms with E-state index in [1.807, 2.05) is 0 Å². The third-order valence-corrected chi connectivity index (χ3v) is 11.0. The van der Waals surface area contributed by atoms with Crippen LogP contribution in [0.25, 0.3) is 0 Å². The quantitative estimate of drug-likeness (QED) is 0.216. The zero-order valence-corrected chi connectivity index (χ0v) is 19.7. The highest BCUT2D eigenvalue weighted by Crippen LogP contribution is 2.63. The second-order valence-corrected chi connectivity index (χ2v) is 12.2. The van der Waals surface area contributed by atoms with Crippen LogP contribution in [0.1, 0.15) is 78.6 Å². The van der Waals surface area contributed by atoms with Gasteiger partial charge in [-0.2, -0.15) is 0 Å². The number of hydrogen-bond acceptors (Lipinski definition) is 0. The van der Waals surface area contributed by atoms with Crippen LogP contribution in [-0.4, -0.2) is 12.1 Å². The van der Waals surface area contributed by atoms with Crippen molar-refractivity contribution < 1.29 is 4.39 Å². The molecule has 0 aliphatic heterocycles. The molecule has 2 aromatic rings. The molecule has 0 heterocycles. The van der Waals surface area contributed by atoms with Gasteiger partial charge in [-0.25, -0.2) is 4.39 Å². The molecule has 160 valence electrons. The zero-order valence-electron chi connectivity index (χ0n) is 18.8. The van der Waals surface area contributed by atoms with E-state index < -0.39 is 13.2 Å². The van der Waals surface area contributed by atoms with Gasteiger partial charge in [0, 0.05) is 6.42 Å². The minimum atomic E-state index is -2.10. The smallest absolute Gasteiger partial charge is 0.202 e. The minimum Gasteiger partial charge on any atom is -0.202 e. The van der Waals surface area contributed by atoms with E-state index in [-0.39, 0.29) is 0 Å². The number of rotatable bonds is 14. The van der Waals surface area contributed by atoms with E-state index in [9.17, 15) is 0 Å². The summed E-state index contributed by atoms with van der Waals surface area (Å²) in [6, 6.07) is 21.3. The standard InChI is InChI=1S/C27H41FP/c1-4-7-11-21-27(28)29(25-17-12-9-13-18-25,26-19-14-10-15-20-26)23-22-24(6-3)16-8-5-2/h9-10,12-15,17-20,24,27H,4-8,11,16,21-23H2,1-3H3/q+1. The topological polar surface area (TPSA) is 0 Å². The van der Waals surface area contributed by atoms with Gasteiger partial charge >= 0.3 is 0 Å². The van der Waals surface area contributed by atoms with Gasteiger partial charge in [0.2, 0.25) is 5.91 Å². The monoisotopic (exact) mass is 415 g/mol. The minimum absolute atomic E-state index is 0.692. The lowest BCUT2D eigenvalue weighted by atomic mass is 9.97. The van der Waals surface area contributed by atoms with Crippen molar-refractivity contribution >= 4 is 17.9 Å². The predicted molar refractivity (Wildman–Crippen MR) is 131 cm³/mol. The highest BCUT2D eigenvalue weighted by molar-refractivity contribution is 7.89. The average molecular weight is 416 g/mol. The molecular formula is C27H41FP+. The van der Waals surface area contributed by atoms with Crippen molar-refractivity contribution in [3.8, 4) is 0 Å². The summed E-state index contributed by atoms with van der Waals surface area (Å²) in [4.78, 5) is 0. The highest BCUT2D eigenvalue weighted by Gasteiger charge is 2.50. The van der Waals surface area contributed by atoms with E-state index in [0.29, 0.717) is 12.3 Å². The molecule has 0 spiro atoms. The summed E-state index contributed by atoms with van der Waals surface area (Å²) in [6.45, 7) is 6.77. The number of unbranched alkanes of at least 4 members (excludes halogenated alkanes) is 3. The van der Waals surface area contributed by atoms with E-state index in [0.717, 1.165) is 31.8 Å². The van der Waals surface area contributed by atoms with E-state index >= 15 is 4.39 Å². The second-order valence-electron chi connectivity index (χ2n) is 8.40. The zero-order chi connectivity index (χ0) is 21.0. The van der Waals surface area contributed by atoms with Crippen molar-refractivity contribution in [2.45, 2.75) is 84.5 Å². The fourth-order valence-corrected chi connectivity index (χ4v) is 9.02. The Morgan fingerprint density at radius 1 is 0.690 bits per heavy atom. The maximum absolute atomic E-state index is 16.3. The first kappa shape index (κ1) is 24.1. The van der Waals surface area contributed by atoms with Crippen LogP contribution in [-0.2, 0) is 0 Å². The van der Waals surface area contributed by atoms with Crippen LogP contribution in [0.4, 0.5) is 4.39 Å². The summed E-state index contributed by atoms with van der Waals surface area (Å²) in [5, 5.41) is 2.50. The van der Waals surface area contributed by atoms with Crippen molar-refractivity contribution in [2.75, 3.05) is 6.16 Å². The molecule has 0 fully saturated rings. The van der Waals surface area contributed by atoms with Gasteiger partial charge in [0.1, 0.15) is 17.9 Å². The lowest BCUT2D eigenvalue weighted by molar-refractivity contribution is 0.401. The maximum Gasteiger partial charge on any atom is 0.214 e. The normalized spacial score (nSPS) is 13.9. The fourth-order valence-electron chi connectivity index (χ4n) is 4.47. The summed E-state index contributed by atoms with van der Waals surface area (Å²) in [6.07, 6.45) is 11.1. The molecule has 0 bridgehead atoms. The summed E-state index contributed by atoms with van der Waals surface area (Å²) in [7, 11) is -2.10. The molecule has 2 rings (SSSR count). The van der Waals surface area contributed by atoms with E-state index in [1.54, 1.807) is 0 Å². The van der Waals surface area contributed by atoms with Crippen molar-refractivity contribution in [1.82, 2.24) is 0 Å². The van der Waals surface area contributed by atoms with Gasteiger partial charge in [0.15, 0.2) is 0 Å². The second kappa shape index (κ2) is 13.2.